The van der Waals surface area contributed by atoms with Crippen molar-refractivity contribution < 1.29 is 14.3 Å². The number of carbonyl (C=O) groups excluding carboxylic acids is 1. The third-order valence-electron chi connectivity index (χ3n) is 5.37. The Hall–Kier alpha value is -2.43. The van der Waals surface area contributed by atoms with E-state index in [1.807, 2.05) is 43.6 Å². The molecule has 1 unspecified atom stereocenters. The van der Waals surface area contributed by atoms with Crippen LogP contribution in [0.3, 0.4) is 0 Å². The summed E-state index contributed by atoms with van der Waals surface area (Å²) in [7, 11) is 0. The number of ether oxygens (including phenoxy) is 2. The van der Waals surface area contributed by atoms with Gasteiger partial charge in [-0.3, -0.25) is 4.79 Å². The van der Waals surface area contributed by atoms with Crippen molar-refractivity contribution >= 4 is 5.97 Å². The van der Waals surface area contributed by atoms with Crippen molar-refractivity contribution in [3.05, 3.63) is 42.2 Å². The van der Waals surface area contributed by atoms with Crippen LogP contribution in [0.1, 0.15) is 64.4 Å². The number of cyclic esters (lactones) is 1. The van der Waals surface area contributed by atoms with Crippen LogP contribution in [-0.4, -0.2) is 28.6 Å². The van der Waals surface area contributed by atoms with Crippen molar-refractivity contribution in [2.45, 2.75) is 71.3 Å². The topological polar surface area (TPSA) is 61.3 Å². The number of benzene rings is 1. The molecule has 1 fully saturated rings. The van der Waals surface area contributed by atoms with E-state index in [1.165, 1.54) is 44.1 Å². The molecule has 0 saturated carbocycles. The van der Waals surface area contributed by atoms with Crippen LogP contribution >= 0.6 is 0 Å². The molecular formula is C24H32N2O3. The SMILES string of the molecule is CCCCCCCCc1cnc(-c2ccc(OCC3C[C@H](C)C(=O)O3)cc2)nc1. The number of esters is 1. The minimum atomic E-state index is -0.153. The lowest BCUT2D eigenvalue weighted by molar-refractivity contribution is -0.144. The minimum Gasteiger partial charge on any atom is -0.490 e. The molecule has 1 aromatic carbocycles. The molecule has 1 aromatic heterocycles. The number of unbranched alkanes of at least 4 members (excludes halogenated alkanes) is 5. The summed E-state index contributed by atoms with van der Waals surface area (Å²) in [6.45, 7) is 4.52. The Morgan fingerprint density at radius 2 is 1.72 bits per heavy atom. The van der Waals surface area contributed by atoms with Crippen LogP contribution < -0.4 is 4.74 Å². The van der Waals surface area contributed by atoms with Crippen molar-refractivity contribution in [1.29, 1.82) is 0 Å². The molecule has 156 valence electrons. The lowest BCUT2D eigenvalue weighted by atomic mass is 10.1. The van der Waals surface area contributed by atoms with Crippen molar-refractivity contribution in [2.24, 2.45) is 5.92 Å². The van der Waals surface area contributed by atoms with Crippen LogP contribution in [0.2, 0.25) is 0 Å². The predicted molar refractivity (Wildman–Crippen MR) is 114 cm³/mol. The normalized spacial score (nSPS) is 18.6. The smallest absolute Gasteiger partial charge is 0.309 e. The molecule has 0 spiro atoms. The summed E-state index contributed by atoms with van der Waals surface area (Å²) in [4.78, 5) is 20.5. The lowest BCUT2D eigenvalue weighted by Crippen LogP contribution is -2.17. The Bertz CT molecular complexity index is 759. The first-order valence-corrected chi connectivity index (χ1v) is 10.9. The van der Waals surface area contributed by atoms with E-state index in [2.05, 4.69) is 16.9 Å². The number of aromatic nitrogens is 2. The molecule has 1 aliphatic heterocycles. The van der Waals surface area contributed by atoms with E-state index in [4.69, 9.17) is 9.47 Å². The molecule has 5 nitrogen and oxygen atoms in total. The molecule has 2 heterocycles. The van der Waals surface area contributed by atoms with Crippen LogP contribution in [0, 0.1) is 5.92 Å². The van der Waals surface area contributed by atoms with Gasteiger partial charge in [-0.1, -0.05) is 46.0 Å². The van der Waals surface area contributed by atoms with Gasteiger partial charge in [-0.15, -0.1) is 0 Å². The molecule has 2 aromatic rings. The lowest BCUT2D eigenvalue weighted by Gasteiger charge is -2.11. The van der Waals surface area contributed by atoms with Gasteiger partial charge in [-0.25, -0.2) is 9.97 Å². The summed E-state index contributed by atoms with van der Waals surface area (Å²) in [5, 5.41) is 0. The van der Waals surface area contributed by atoms with Gasteiger partial charge in [0.15, 0.2) is 5.82 Å². The van der Waals surface area contributed by atoms with Gasteiger partial charge in [-0.05, 0) is 42.7 Å². The number of hydrogen-bond donors (Lipinski definition) is 0. The van der Waals surface area contributed by atoms with E-state index >= 15 is 0 Å². The Morgan fingerprint density at radius 3 is 2.38 bits per heavy atom. The number of rotatable bonds is 11. The third-order valence-corrected chi connectivity index (χ3v) is 5.37. The van der Waals surface area contributed by atoms with Crippen molar-refractivity contribution in [1.82, 2.24) is 9.97 Å². The molecule has 0 bridgehead atoms. The fourth-order valence-electron chi connectivity index (χ4n) is 3.55. The molecule has 1 aliphatic rings. The maximum Gasteiger partial charge on any atom is 0.309 e. The second-order valence-corrected chi connectivity index (χ2v) is 7.96. The summed E-state index contributed by atoms with van der Waals surface area (Å²) in [5.41, 5.74) is 2.16. The number of hydrogen-bond acceptors (Lipinski definition) is 5. The molecule has 29 heavy (non-hydrogen) atoms. The molecular weight excluding hydrogens is 364 g/mol. The van der Waals surface area contributed by atoms with Gasteiger partial charge in [0.05, 0.1) is 5.92 Å². The molecule has 2 atom stereocenters. The van der Waals surface area contributed by atoms with Crippen molar-refractivity contribution in [3.8, 4) is 17.1 Å². The first-order valence-electron chi connectivity index (χ1n) is 10.9. The molecule has 5 heteroatoms. The first kappa shape index (κ1) is 21.3. The predicted octanol–water partition coefficient (Wildman–Crippen LogP) is 5.38. The quantitative estimate of drug-likeness (QED) is 0.377. The third kappa shape index (κ3) is 6.55. The summed E-state index contributed by atoms with van der Waals surface area (Å²) in [5.74, 6) is 1.31. The van der Waals surface area contributed by atoms with Crippen LogP contribution in [0.4, 0.5) is 0 Å². The Labute approximate surface area is 173 Å². The van der Waals surface area contributed by atoms with Gasteiger partial charge < -0.3 is 9.47 Å². The highest BCUT2D eigenvalue weighted by atomic mass is 16.6. The second-order valence-electron chi connectivity index (χ2n) is 7.96. The van der Waals surface area contributed by atoms with Gasteiger partial charge in [0.25, 0.3) is 0 Å². The number of nitrogens with zero attached hydrogens (tertiary/aromatic N) is 2. The fraction of sp³-hybridized carbons (Fsp3) is 0.542. The maximum atomic E-state index is 11.4. The van der Waals surface area contributed by atoms with E-state index in [0.29, 0.717) is 6.61 Å². The van der Waals surface area contributed by atoms with Crippen LogP contribution in [-0.2, 0) is 16.0 Å². The highest BCUT2D eigenvalue weighted by Crippen LogP contribution is 2.23. The van der Waals surface area contributed by atoms with Gasteiger partial charge in [0.1, 0.15) is 18.5 Å². The zero-order valence-corrected chi connectivity index (χ0v) is 17.6. The summed E-state index contributed by atoms with van der Waals surface area (Å²) in [6, 6.07) is 7.73. The van der Waals surface area contributed by atoms with E-state index in [9.17, 15) is 4.79 Å². The summed E-state index contributed by atoms with van der Waals surface area (Å²) < 4.78 is 11.0. The molecule has 0 aliphatic carbocycles. The summed E-state index contributed by atoms with van der Waals surface area (Å²) >= 11 is 0. The first-order chi connectivity index (χ1) is 14.2. The molecule has 0 radical (unpaired) electrons. The Balaban J connectivity index is 1.44. The van der Waals surface area contributed by atoms with Crippen LogP contribution in [0.15, 0.2) is 36.7 Å². The molecule has 3 rings (SSSR count). The Morgan fingerprint density at radius 1 is 1.03 bits per heavy atom. The van der Waals surface area contributed by atoms with E-state index in [0.717, 1.165) is 30.0 Å². The fourth-order valence-corrected chi connectivity index (χ4v) is 3.55. The van der Waals surface area contributed by atoms with E-state index in [-0.39, 0.29) is 18.0 Å². The second kappa shape index (κ2) is 10.9. The van der Waals surface area contributed by atoms with Crippen LogP contribution in [0.5, 0.6) is 5.75 Å². The number of carbonyl (C=O) groups is 1. The van der Waals surface area contributed by atoms with E-state index in [1.54, 1.807) is 0 Å². The molecule has 0 N–H and O–H groups in total. The van der Waals surface area contributed by atoms with Gasteiger partial charge in [-0.2, -0.15) is 0 Å². The monoisotopic (exact) mass is 396 g/mol. The highest BCUT2D eigenvalue weighted by Gasteiger charge is 2.31. The van der Waals surface area contributed by atoms with Gasteiger partial charge >= 0.3 is 5.97 Å². The van der Waals surface area contributed by atoms with Crippen molar-refractivity contribution in [2.75, 3.05) is 6.61 Å². The highest BCUT2D eigenvalue weighted by molar-refractivity contribution is 5.74. The van der Waals surface area contributed by atoms with Crippen molar-refractivity contribution in [3.63, 3.8) is 0 Å². The zero-order chi connectivity index (χ0) is 20.5. The summed E-state index contributed by atoms with van der Waals surface area (Å²) in [6.07, 6.45) is 13.3. The largest absolute Gasteiger partial charge is 0.490 e. The van der Waals surface area contributed by atoms with Gasteiger partial charge in [0, 0.05) is 24.4 Å². The standard InChI is InChI=1S/C24H32N2O3/c1-3-4-5-6-7-8-9-19-15-25-23(26-16-19)20-10-12-21(13-11-20)28-17-22-14-18(2)24(27)29-22/h10-13,15-16,18,22H,3-9,14,17H2,1-2H3/t18-,22?/m0/s1. The Kier molecular flexibility index (Phi) is 8.03. The zero-order valence-electron chi connectivity index (χ0n) is 17.6. The minimum absolute atomic E-state index is 0.0350. The molecule has 1 saturated heterocycles. The number of aryl methyl sites for hydroxylation is 1. The van der Waals surface area contributed by atoms with Crippen LogP contribution in [0.25, 0.3) is 11.4 Å². The molecule has 0 amide bonds. The van der Waals surface area contributed by atoms with Gasteiger partial charge in [0.2, 0.25) is 0 Å². The van der Waals surface area contributed by atoms with E-state index < -0.39 is 0 Å². The average molecular weight is 397 g/mol. The average Bonchev–Trinajstić information content (AvgIpc) is 3.07. The maximum absolute atomic E-state index is 11.4.